The van der Waals surface area contributed by atoms with E-state index in [2.05, 4.69) is 31.9 Å². The number of carboxylic acid groups (broad SMARTS) is 1. The van der Waals surface area contributed by atoms with Gasteiger partial charge in [-0.3, -0.25) is 62.3 Å². The second-order valence-electron chi connectivity index (χ2n) is 27.9. The summed E-state index contributed by atoms with van der Waals surface area (Å²) in [5.41, 5.74) is 4.39. The molecule has 20 unspecified atom stereocenters. The van der Waals surface area contributed by atoms with Gasteiger partial charge in [0.05, 0.1) is 66.5 Å². The van der Waals surface area contributed by atoms with Crippen molar-refractivity contribution in [1.29, 1.82) is 0 Å². The molecular weight excluding hydrogens is 1470 g/mol. The number of rotatable bonds is 19. The Hall–Kier alpha value is -10.5. The number of nitrogens with two attached hydrogens (primary N) is 1. The number of amides is 10. The Bertz CT molecular complexity index is 3940. The highest BCUT2D eigenvalue weighted by Crippen LogP contribution is 2.54. The number of aromatic hydroxyl groups is 2. The first-order valence-electron chi connectivity index (χ1n) is 35.3. The van der Waals surface area contributed by atoms with Crippen molar-refractivity contribution in [1.82, 2.24) is 47.9 Å². The van der Waals surface area contributed by atoms with Crippen molar-refractivity contribution in [2.24, 2.45) is 41.2 Å². The van der Waals surface area contributed by atoms with E-state index in [1.54, 1.807) is 39.1 Å². The minimum Gasteiger partial charge on any atom is -0.507 e. The number of esters is 1. The molecule has 614 valence electrons. The topological polar surface area (TPSA) is 634 Å². The molecule has 0 saturated carbocycles. The number of allylic oxidation sites excluding steroid dienone is 2. The number of aliphatic carboxylic acids is 1. The van der Waals surface area contributed by atoms with E-state index >= 15 is 0 Å². The lowest BCUT2D eigenvalue weighted by atomic mass is 9.78. The van der Waals surface area contributed by atoms with Gasteiger partial charge in [0.2, 0.25) is 41.5 Å². The number of nitrogens with one attached hydrogen (secondary N) is 10. The zero-order chi connectivity index (χ0) is 83.7. The lowest BCUT2D eigenvalue weighted by molar-refractivity contribution is -0.160. The van der Waals surface area contributed by atoms with Gasteiger partial charge in [-0.15, -0.1) is 0 Å². The van der Waals surface area contributed by atoms with Gasteiger partial charge < -0.3 is 134 Å². The van der Waals surface area contributed by atoms with Crippen LogP contribution in [0.5, 0.6) is 23.0 Å². The Kier molecular flexibility index (Phi) is 32.8. The first kappa shape index (κ1) is 91.2. The van der Waals surface area contributed by atoms with Crippen LogP contribution in [0, 0.1) is 42.4 Å². The molecule has 0 aromatic heterocycles. The fraction of sp³-hybridized carbons (Fsp3) is 0.577. The average molecular weight is 1570 g/mol. The molecule has 1 fully saturated rings. The molecule has 5 bridgehead atoms. The van der Waals surface area contributed by atoms with E-state index in [0.29, 0.717) is 0 Å². The van der Waals surface area contributed by atoms with Crippen molar-refractivity contribution < 1.29 is 142 Å². The van der Waals surface area contributed by atoms with Crippen molar-refractivity contribution in [3.63, 3.8) is 0 Å². The summed E-state index contributed by atoms with van der Waals surface area (Å²) in [6.07, 6.45) is -7.79. The highest BCUT2D eigenvalue weighted by atomic mass is 16.7. The third kappa shape index (κ3) is 22.9. The summed E-state index contributed by atoms with van der Waals surface area (Å²) in [7, 11) is 1.36. The van der Waals surface area contributed by atoms with E-state index in [-0.39, 0.29) is 52.4 Å². The molecular formula is C71H101N11O29. The molecule has 111 heavy (non-hydrogen) atoms. The van der Waals surface area contributed by atoms with Crippen LogP contribution < -0.4 is 68.4 Å². The van der Waals surface area contributed by atoms with E-state index in [1.165, 1.54) is 73.8 Å². The number of benzene rings is 2. The number of hydrogen-bond donors (Lipinski definition) is 21. The van der Waals surface area contributed by atoms with Crippen LogP contribution in [0.15, 0.2) is 42.2 Å². The fourth-order valence-electron chi connectivity index (χ4n) is 12.3. The molecule has 0 radical (unpaired) electrons. The first-order chi connectivity index (χ1) is 51.8. The normalized spacial score (nSPS) is 28.5. The Morgan fingerprint density at radius 3 is 1.99 bits per heavy atom. The van der Waals surface area contributed by atoms with Crippen LogP contribution in [0.3, 0.4) is 0 Å². The molecule has 1 saturated heterocycles. The Morgan fingerprint density at radius 2 is 1.40 bits per heavy atom. The van der Waals surface area contributed by atoms with E-state index in [9.17, 15) is 118 Å². The number of carbonyl (C=O) groups is 14. The predicted molar refractivity (Wildman–Crippen MR) is 385 cm³/mol. The van der Waals surface area contributed by atoms with Gasteiger partial charge in [0, 0.05) is 99.2 Å². The average Bonchev–Trinajstić information content (AvgIpc) is 1.59. The zero-order valence-corrected chi connectivity index (χ0v) is 63.3. The molecule has 4 aliphatic rings. The number of phenols is 2. The third-order valence-electron chi connectivity index (χ3n) is 19.2. The standard InChI is InChI=1S/C71H101N11O29/c1-27(2)37-21-41(86)40(25-83)79-65(100)39(78-69(104)51(70(105)106)82-66(101)42(87)24-76-67(102)49(35(10)84)80-68(103)50(81-64(37)99)56(93)57(94)61(72)96)23-75-63(98)34(9)73-18-19-74-45(88)26-108-44-22-38-55(92)47-46(44)48-59(33(8)54(47)91)111-71(12,60(48)95)109-20-17-43(107-13)30(5)58(110-36(11)85)32(7)53(90)31(6)52(89)28(3)15-14-16-29(4)62(97)77-38/h14-17,20,22,27-28,30-32,34-35,37,39-40,42-43,49-53,56-58,73,83-84,87,89-94H,18-19,21,23-26H2,1-13H3,(H2,72,96)(H,74,88)(H,75,98)(H,76,102)(H,77,97)(H,78,104)(H,79,100)(H,80,103)(H,81,99)(H,82,101)(H,105,106). The fourth-order valence-corrected chi connectivity index (χ4v) is 12.3. The van der Waals surface area contributed by atoms with Gasteiger partial charge in [-0.05, 0) is 39.7 Å². The van der Waals surface area contributed by atoms with Crippen molar-refractivity contribution in [2.75, 3.05) is 51.8 Å². The second-order valence-corrected chi connectivity index (χ2v) is 27.9. The summed E-state index contributed by atoms with van der Waals surface area (Å²) >= 11 is 0. The minimum absolute atomic E-state index is 0.0378. The van der Waals surface area contributed by atoms with Crippen molar-refractivity contribution in [3.05, 3.63) is 53.3 Å². The van der Waals surface area contributed by atoms with Crippen molar-refractivity contribution >= 4 is 99.0 Å². The highest BCUT2D eigenvalue weighted by molar-refractivity contribution is 6.22. The molecule has 4 heterocycles. The number of fused-ring (bicyclic) bond motifs is 14. The maximum atomic E-state index is 14.8. The molecule has 2 aromatic rings. The molecule has 20 atom stereocenters. The number of primary amides is 1. The van der Waals surface area contributed by atoms with Crippen LogP contribution in [0.1, 0.15) is 98.5 Å². The zero-order valence-electron chi connectivity index (χ0n) is 63.3. The summed E-state index contributed by atoms with van der Waals surface area (Å²) in [6, 6.07) is -11.5. The summed E-state index contributed by atoms with van der Waals surface area (Å²) in [5.74, 6) is -27.8. The van der Waals surface area contributed by atoms with Gasteiger partial charge >= 0.3 is 17.7 Å². The van der Waals surface area contributed by atoms with Gasteiger partial charge in [-0.1, -0.05) is 59.8 Å². The van der Waals surface area contributed by atoms with Gasteiger partial charge in [0.1, 0.15) is 59.7 Å². The molecule has 40 nitrogen and oxygen atoms in total. The number of ether oxygens (including phenoxy) is 5. The van der Waals surface area contributed by atoms with Crippen molar-refractivity contribution in [2.45, 2.75) is 180 Å². The van der Waals surface area contributed by atoms with Gasteiger partial charge in [0.25, 0.3) is 29.4 Å². The number of methoxy groups -OCH3 is 1. The SMILES string of the molecule is COC1C=COC2(C)Oc3c(C)c(O)c4c(O)c(cc(OCC(=O)NCCNC(C)C(=O)NCC5NC(=O)C(C(=O)O)NC(=O)C(O)CNC(=O)C(C(C)O)NC(=O)C(C(O)C(O)C(N)=O)NC(=O)C(C(C)C)CC(=O)C(CO)NC5=O)c4c3C2=O)NC(=O)C(C)=CC=CC(C)C(O)C(C)C(O)C(C)C(OC(C)=O)C1C. The largest absolute Gasteiger partial charge is 0.507 e. The lowest BCUT2D eigenvalue weighted by Crippen LogP contribution is -2.64. The number of carboxylic acids is 1. The monoisotopic (exact) mass is 1570 g/mol. The minimum atomic E-state index is -2.68. The molecule has 4 aliphatic heterocycles. The van der Waals surface area contributed by atoms with Crippen LogP contribution in [0.2, 0.25) is 0 Å². The number of aliphatic hydroxyl groups is 7. The number of anilines is 1. The lowest BCUT2D eigenvalue weighted by Gasteiger charge is -2.38. The summed E-state index contributed by atoms with van der Waals surface area (Å²) in [6.45, 7) is 12.1. The number of carbonyl (C=O) groups excluding carboxylic acids is 13. The molecule has 40 heteroatoms. The second kappa shape index (κ2) is 40.0. The van der Waals surface area contributed by atoms with Crippen LogP contribution >= 0.6 is 0 Å². The Balaban J connectivity index is 1.41. The Morgan fingerprint density at radius 1 is 0.757 bits per heavy atom. The van der Waals surface area contributed by atoms with Crippen LogP contribution in [0.25, 0.3) is 10.8 Å². The van der Waals surface area contributed by atoms with Gasteiger partial charge in [-0.2, -0.15) is 0 Å². The van der Waals surface area contributed by atoms with Crippen molar-refractivity contribution in [3.8, 4) is 23.0 Å². The smallest absolute Gasteiger partial charge is 0.336 e. The maximum Gasteiger partial charge on any atom is 0.336 e. The van der Waals surface area contributed by atoms with E-state index in [4.69, 9.17) is 29.4 Å². The molecule has 2 aromatic carbocycles. The highest BCUT2D eigenvalue weighted by Gasteiger charge is 2.50. The quantitative estimate of drug-likeness (QED) is 0.0270. The molecule has 0 aliphatic carbocycles. The molecule has 6 rings (SSSR count). The van der Waals surface area contributed by atoms with Crippen LogP contribution in [-0.2, 0) is 76.5 Å². The maximum absolute atomic E-state index is 14.8. The number of ketones is 2. The molecule has 10 amide bonds. The Labute approximate surface area is 636 Å². The van der Waals surface area contributed by atoms with Gasteiger partial charge in [0.15, 0.2) is 24.2 Å². The van der Waals surface area contributed by atoms with E-state index in [1.807, 2.05) is 16.0 Å². The van der Waals surface area contributed by atoms with Crippen LogP contribution in [-0.4, -0.2) is 271 Å². The number of β-amino-alcohol motifs (C(OH)–C–C–N with tert-alkyl or cyclic N) is 1. The first-order valence-corrected chi connectivity index (χ1v) is 35.3. The van der Waals surface area contributed by atoms with Crippen LogP contribution in [0.4, 0.5) is 5.69 Å². The number of Topliss-reactive ketones (excluding diaryl/α,β-unsaturated/α-hetero) is 2. The van der Waals surface area contributed by atoms with E-state index < -0.39 is 259 Å². The summed E-state index contributed by atoms with van der Waals surface area (Å²) in [5, 5.41) is 131. The molecule has 0 spiro atoms. The van der Waals surface area contributed by atoms with Gasteiger partial charge in [-0.25, -0.2) is 4.79 Å². The predicted octanol–water partition coefficient (Wildman–Crippen LogP) is -5.55. The third-order valence-corrected chi connectivity index (χ3v) is 19.2. The molecule has 22 N–H and O–H groups in total. The number of hydrogen-bond acceptors (Lipinski definition) is 29. The summed E-state index contributed by atoms with van der Waals surface area (Å²) < 4.78 is 29.8. The van der Waals surface area contributed by atoms with E-state index in [0.717, 1.165) is 19.3 Å². The number of phenolic OH excluding ortho intramolecular Hbond substituents is 2. The summed E-state index contributed by atoms with van der Waals surface area (Å²) in [4.78, 5) is 189. The number of aliphatic hydroxyl groups excluding tert-OH is 7.